The molecule has 2 unspecified atom stereocenters. The number of carboxylic acid groups (broad SMARTS) is 1. The number of carbonyl (C=O) groups excluding carboxylic acids is 2. The summed E-state index contributed by atoms with van der Waals surface area (Å²) < 4.78 is 5.05. The zero-order valence-electron chi connectivity index (χ0n) is 16.6. The fraction of sp³-hybridized carbons (Fsp3) is 0.550. The highest BCUT2D eigenvalue weighted by Gasteiger charge is 2.27. The third-order valence-electron chi connectivity index (χ3n) is 4.17. The molecule has 1 rings (SSSR count). The Morgan fingerprint density at radius 3 is 2.21 bits per heavy atom. The van der Waals surface area contributed by atoms with Crippen molar-refractivity contribution >= 4 is 18.0 Å². The molecule has 0 bridgehead atoms. The van der Waals surface area contributed by atoms with Crippen LogP contribution >= 0.6 is 0 Å². The van der Waals surface area contributed by atoms with Gasteiger partial charge in [0.1, 0.15) is 12.6 Å². The van der Waals surface area contributed by atoms with Gasteiger partial charge in [-0.1, -0.05) is 44.2 Å². The fourth-order valence-corrected chi connectivity index (χ4v) is 2.52. The largest absolute Gasteiger partial charge is 0.481 e. The SMILES string of the molecule is CC(C)CC[C@H](NC(=O)C(CC(=O)O)NC(=O)OCc1ccccc1)C(C)O. The normalized spacial score (nSPS) is 14.0. The summed E-state index contributed by atoms with van der Waals surface area (Å²) >= 11 is 0. The van der Waals surface area contributed by atoms with Crippen molar-refractivity contribution in [2.75, 3.05) is 0 Å². The van der Waals surface area contributed by atoms with Crippen LogP contribution in [0.4, 0.5) is 4.79 Å². The quantitative estimate of drug-likeness (QED) is 0.455. The molecule has 8 heteroatoms. The van der Waals surface area contributed by atoms with Gasteiger partial charge in [0.25, 0.3) is 0 Å². The molecule has 0 saturated heterocycles. The van der Waals surface area contributed by atoms with Crippen LogP contribution in [0.1, 0.15) is 45.6 Å². The highest BCUT2D eigenvalue weighted by molar-refractivity contribution is 5.89. The first-order valence-electron chi connectivity index (χ1n) is 9.36. The summed E-state index contributed by atoms with van der Waals surface area (Å²) in [6.45, 7) is 5.61. The molecule has 0 radical (unpaired) electrons. The van der Waals surface area contributed by atoms with Crippen LogP contribution in [0, 0.1) is 5.92 Å². The van der Waals surface area contributed by atoms with Crippen molar-refractivity contribution in [3.63, 3.8) is 0 Å². The van der Waals surface area contributed by atoms with Gasteiger partial charge in [-0.3, -0.25) is 9.59 Å². The minimum absolute atomic E-state index is 0.00122. The van der Waals surface area contributed by atoms with Crippen molar-refractivity contribution in [2.24, 2.45) is 5.92 Å². The van der Waals surface area contributed by atoms with Gasteiger partial charge in [-0.05, 0) is 31.2 Å². The molecule has 3 atom stereocenters. The molecule has 1 aromatic carbocycles. The number of ether oxygens (including phenoxy) is 1. The summed E-state index contributed by atoms with van der Waals surface area (Å²) in [5.74, 6) is -1.52. The highest BCUT2D eigenvalue weighted by atomic mass is 16.5. The summed E-state index contributed by atoms with van der Waals surface area (Å²) in [6.07, 6.45) is -0.965. The second-order valence-corrected chi connectivity index (χ2v) is 7.18. The van der Waals surface area contributed by atoms with Gasteiger partial charge in [0.2, 0.25) is 5.91 Å². The Bertz CT molecular complexity index is 633. The van der Waals surface area contributed by atoms with Gasteiger partial charge < -0.3 is 25.6 Å². The van der Waals surface area contributed by atoms with E-state index in [1.165, 1.54) is 0 Å². The number of benzene rings is 1. The zero-order valence-corrected chi connectivity index (χ0v) is 16.6. The number of rotatable bonds is 11. The Morgan fingerprint density at radius 2 is 1.68 bits per heavy atom. The van der Waals surface area contributed by atoms with E-state index in [1.807, 2.05) is 19.9 Å². The Labute approximate surface area is 165 Å². The van der Waals surface area contributed by atoms with Crippen molar-refractivity contribution < 1.29 is 29.3 Å². The van der Waals surface area contributed by atoms with Crippen molar-refractivity contribution in [1.29, 1.82) is 0 Å². The number of aliphatic hydroxyl groups excluding tert-OH is 1. The maximum absolute atomic E-state index is 12.5. The number of carboxylic acids is 1. The van der Waals surface area contributed by atoms with Gasteiger partial charge in [0, 0.05) is 0 Å². The molecule has 0 fully saturated rings. The molecule has 1 aromatic rings. The van der Waals surface area contributed by atoms with E-state index in [1.54, 1.807) is 31.2 Å². The van der Waals surface area contributed by atoms with E-state index >= 15 is 0 Å². The number of aliphatic carboxylic acids is 1. The van der Waals surface area contributed by atoms with Gasteiger partial charge in [-0.2, -0.15) is 0 Å². The Morgan fingerprint density at radius 1 is 1.04 bits per heavy atom. The molecule has 4 N–H and O–H groups in total. The van der Waals surface area contributed by atoms with Crippen LogP contribution in [-0.4, -0.2) is 46.4 Å². The summed E-state index contributed by atoms with van der Waals surface area (Å²) in [4.78, 5) is 35.6. The van der Waals surface area contributed by atoms with Gasteiger partial charge in [-0.25, -0.2) is 4.79 Å². The van der Waals surface area contributed by atoms with E-state index in [9.17, 15) is 19.5 Å². The summed E-state index contributed by atoms with van der Waals surface area (Å²) in [5.41, 5.74) is 0.764. The molecule has 0 heterocycles. The molecule has 8 nitrogen and oxygen atoms in total. The third kappa shape index (κ3) is 9.36. The molecular weight excluding hydrogens is 364 g/mol. The summed E-state index contributed by atoms with van der Waals surface area (Å²) in [6, 6.07) is 7.13. The summed E-state index contributed by atoms with van der Waals surface area (Å²) in [7, 11) is 0. The number of carbonyl (C=O) groups is 3. The van der Waals surface area contributed by atoms with Crippen molar-refractivity contribution in [2.45, 2.75) is 64.8 Å². The molecule has 28 heavy (non-hydrogen) atoms. The lowest BCUT2D eigenvalue weighted by molar-refractivity contribution is -0.140. The van der Waals surface area contributed by atoms with E-state index < -0.39 is 42.6 Å². The van der Waals surface area contributed by atoms with E-state index in [0.29, 0.717) is 12.3 Å². The number of hydrogen-bond acceptors (Lipinski definition) is 5. The van der Waals surface area contributed by atoms with Crippen LogP contribution in [0.3, 0.4) is 0 Å². The minimum Gasteiger partial charge on any atom is -0.481 e. The molecular formula is C20H30N2O6. The van der Waals surface area contributed by atoms with Gasteiger partial charge in [0.05, 0.1) is 18.6 Å². The molecule has 0 spiro atoms. The Balaban J connectivity index is 2.67. The average molecular weight is 394 g/mol. The van der Waals surface area contributed by atoms with Crippen molar-refractivity contribution in [3.8, 4) is 0 Å². The van der Waals surface area contributed by atoms with E-state index in [2.05, 4.69) is 10.6 Å². The average Bonchev–Trinajstić information content (AvgIpc) is 2.62. The van der Waals surface area contributed by atoms with Crippen LogP contribution in [-0.2, 0) is 20.9 Å². The highest BCUT2D eigenvalue weighted by Crippen LogP contribution is 2.10. The van der Waals surface area contributed by atoms with Crippen LogP contribution in [0.2, 0.25) is 0 Å². The van der Waals surface area contributed by atoms with Crippen molar-refractivity contribution in [1.82, 2.24) is 10.6 Å². The molecule has 2 amide bonds. The standard InChI is InChI=1S/C20H30N2O6/c1-13(2)9-10-16(14(3)23)21-19(26)17(11-18(24)25)22-20(27)28-12-15-7-5-4-6-8-15/h4-8,13-14,16-17,23H,9-12H2,1-3H3,(H,21,26)(H,22,27)(H,24,25)/t14?,16-,17?/m0/s1. The second kappa shape index (κ2) is 12.0. The van der Waals surface area contributed by atoms with Crippen molar-refractivity contribution in [3.05, 3.63) is 35.9 Å². The minimum atomic E-state index is -1.30. The van der Waals surface area contributed by atoms with Gasteiger partial charge in [-0.15, -0.1) is 0 Å². The number of hydrogen-bond donors (Lipinski definition) is 4. The molecule has 0 aliphatic heterocycles. The predicted molar refractivity (Wildman–Crippen MR) is 103 cm³/mol. The lowest BCUT2D eigenvalue weighted by Gasteiger charge is -2.25. The molecule has 156 valence electrons. The van der Waals surface area contributed by atoms with Crippen LogP contribution in [0.25, 0.3) is 0 Å². The fourth-order valence-electron chi connectivity index (χ4n) is 2.52. The van der Waals surface area contributed by atoms with E-state index in [0.717, 1.165) is 12.0 Å². The monoisotopic (exact) mass is 394 g/mol. The molecule has 0 aliphatic carbocycles. The smallest absolute Gasteiger partial charge is 0.408 e. The maximum atomic E-state index is 12.5. The first kappa shape index (κ1) is 23.4. The number of alkyl carbamates (subject to hydrolysis) is 1. The molecule has 0 aromatic heterocycles. The topological polar surface area (TPSA) is 125 Å². The lowest BCUT2D eigenvalue weighted by Crippen LogP contribution is -2.52. The van der Waals surface area contributed by atoms with E-state index in [4.69, 9.17) is 9.84 Å². The number of nitrogens with one attached hydrogen (secondary N) is 2. The van der Waals surface area contributed by atoms with Crippen LogP contribution in [0.15, 0.2) is 30.3 Å². The molecule has 0 aliphatic rings. The van der Waals surface area contributed by atoms with Crippen LogP contribution in [0.5, 0.6) is 0 Å². The third-order valence-corrected chi connectivity index (χ3v) is 4.17. The van der Waals surface area contributed by atoms with Gasteiger partial charge >= 0.3 is 12.1 Å². The zero-order chi connectivity index (χ0) is 21.1. The van der Waals surface area contributed by atoms with Crippen LogP contribution < -0.4 is 10.6 Å². The maximum Gasteiger partial charge on any atom is 0.408 e. The first-order valence-corrected chi connectivity index (χ1v) is 9.36. The van der Waals surface area contributed by atoms with Gasteiger partial charge in [0.15, 0.2) is 0 Å². The predicted octanol–water partition coefficient (Wildman–Crippen LogP) is 2.06. The Hall–Kier alpha value is -2.61. The Kier molecular flexibility index (Phi) is 10.0. The summed E-state index contributed by atoms with van der Waals surface area (Å²) in [5, 5.41) is 23.9. The second-order valence-electron chi connectivity index (χ2n) is 7.18. The lowest BCUT2D eigenvalue weighted by atomic mass is 9.99. The number of aliphatic hydroxyl groups is 1. The first-order chi connectivity index (χ1) is 13.2. The molecule has 0 saturated carbocycles. The number of amides is 2. The van der Waals surface area contributed by atoms with E-state index in [-0.39, 0.29) is 6.61 Å².